The van der Waals surface area contributed by atoms with E-state index in [4.69, 9.17) is 5.11 Å². The molecule has 0 unspecified atom stereocenters. The van der Waals surface area contributed by atoms with Gasteiger partial charge in [-0.2, -0.15) is 0 Å². The molecule has 0 aliphatic heterocycles. The SMILES string of the molecule is Cc1ccc(S(=O)(=O)NC2CC(N(CC(=O)O)CC3CC3)C2)cc1C. The van der Waals surface area contributed by atoms with E-state index in [0.29, 0.717) is 23.7 Å². The summed E-state index contributed by atoms with van der Waals surface area (Å²) in [6.07, 6.45) is 3.69. The number of carbonyl (C=O) groups is 1. The fourth-order valence-electron chi connectivity index (χ4n) is 3.30. The molecule has 0 bridgehead atoms. The number of hydrogen-bond acceptors (Lipinski definition) is 4. The Hall–Kier alpha value is -1.44. The number of rotatable bonds is 8. The highest BCUT2D eigenvalue weighted by Crippen LogP contribution is 2.34. The van der Waals surface area contributed by atoms with E-state index in [2.05, 4.69) is 4.72 Å². The summed E-state index contributed by atoms with van der Waals surface area (Å²) >= 11 is 0. The van der Waals surface area contributed by atoms with Crippen molar-refractivity contribution in [3.8, 4) is 0 Å². The van der Waals surface area contributed by atoms with Crippen molar-refractivity contribution in [1.29, 1.82) is 0 Å². The topological polar surface area (TPSA) is 86.7 Å². The van der Waals surface area contributed by atoms with Crippen molar-refractivity contribution < 1.29 is 18.3 Å². The highest BCUT2D eigenvalue weighted by molar-refractivity contribution is 7.89. The van der Waals surface area contributed by atoms with E-state index >= 15 is 0 Å². The van der Waals surface area contributed by atoms with Gasteiger partial charge >= 0.3 is 5.97 Å². The summed E-state index contributed by atoms with van der Waals surface area (Å²) in [5.41, 5.74) is 2.01. The van der Waals surface area contributed by atoms with Crippen LogP contribution in [0.5, 0.6) is 0 Å². The lowest BCUT2D eigenvalue weighted by molar-refractivity contribution is -0.139. The molecule has 2 fully saturated rings. The first-order chi connectivity index (χ1) is 11.7. The smallest absolute Gasteiger partial charge is 0.317 e. The standard InChI is InChI=1S/C18H26N2O4S/c1-12-3-6-17(7-13(12)2)25(23,24)19-15-8-16(9-15)20(11-18(21)22)10-14-4-5-14/h3,6-7,14-16,19H,4-5,8-11H2,1-2H3,(H,21,22). The number of aliphatic carboxylic acids is 1. The van der Waals surface area contributed by atoms with Crippen molar-refractivity contribution in [2.75, 3.05) is 13.1 Å². The third-order valence-electron chi connectivity index (χ3n) is 5.27. The van der Waals surface area contributed by atoms with Crippen molar-refractivity contribution in [3.05, 3.63) is 29.3 Å². The molecule has 7 heteroatoms. The Labute approximate surface area is 149 Å². The summed E-state index contributed by atoms with van der Waals surface area (Å²) < 4.78 is 27.8. The molecule has 0 saturated heterocycles. The van der Waals surface area contributed by atoms with Crippen LogP contribution in [0.4, 0.5) is 0 Å². The van der Waals surface area contributed by atoms with Crippen molar-refractivity contribution in [1.82, 2.24) is 9.62 Å². The molecule has 2 aliphatic carbocycles. The number of carboxylic acid groups (broad SMARTS) is 1. The Morgan fingerprint density at radius 1 is 1.24 bits per heavy atom. The van der Waals surface area contributed by atoms with E-state index < -0.39 is 16.0 Å². The number of carboxylic acids is 1. The van der Waals surface area contributed by atoms with Gasteiger partial charge in [0.1, 0.15) is 0 Å². The molecule has 0 atom stereocenters. The highest BCUT2D eigenvalue weighted by Gasteiger charge is 2.38. The van der Waals surface area contributed by atoms with Crippen LogP contribution in [0.3, 0.4) is 0 Å². The molecule has 0 aromatic heterocycles. The molecule has 0 heterocycles. The first-order valence-corrected chi connectivity index (χ1v) is 10.3. The van der Waals surface area contributed by atoms with Gasteiger partial charge in [0.05, 0.1) is 11.4 Å². The highest BCUT2D eigenvalue weighted by atomic mass is 32.2. The van der Waals surface area contributed by atoms with E-state index in [1.165, 1.54) is 12.8 Å². The minimum Gasteiger partial charge on any atom is -0.480 e. The molecule has 138 valence electrons. The lowest BCUT2D eigenvalue weighted by Gasteiger charge is -2.42. The van der Waals surface area contributed by atoms with Crippen molar-refractivity contribution in [2.24, 2.45) is 5.92 Å². The first-order valence-electron chi connectivity index (χ1n) is 8.80. The zero-order chi connectivity index (χ0) is 18.2. The molecule has 25 heavy (non-hydrogen) atoms. The minimum absolute atomic E-state index is 0.0395. The van der Waals surface area contributed by atoms with Gasteiger partial charge in [0, 0.05) is 18.6 Å². The van der Waals surface area contributed by atoms with Gasteiger partial charge in [-0.15, -0.1) is 0 Å². The van der Waals surface area contributed by atoms with E-state index in [1.807, 2.05) is 24.8 Å². The molecule has 1 aromatic carbocycles. The Morgan fingerprint density at radius 3 is 2.48 bits per heavy atom. The molecule has 0 amide bonds. The van der Waals surface area contributed by atoms with Crippen LogP contribution in [0.15, 0.2) is 23.1 Å². The normalized spacial score (nSPS) is 23.5. The number of benzene rings is 1. The Bertz CT molecular complexity index is 752. The Balaban J connectivity index is 1.57. The fourth-order valence-corrected chi connectivity index (χ4v) is 4.65. The van der Waals surface area contributed by atoms with Gasteiger partial charge in [0.2, 0.25) is 10.0 Å². The molecule has 1 aromatic rings. The van der Waals surface area contributed by atoms with E-state index in [0.717, 1.165) is 17.7 Å². The minimum atomic E-state index is -3.53. The lowest BCUT2D eigenvalue weighted by Crippen LogP contribution is -2.55. The van der Waals surface area contributed by atoms with Crippen LogP contribution < -0.4 is 4.72 Å². The molecule has 0 radical (unpaired) electrons. The molecule has 6 nitrogen and oxygen atoms in total. The molecule has 2 aliphatic rings. The van der Waals surface area contributed by atoms with Crippen LogP contribution in [-0.4, -0.2) is 49.6 Å². The van der Waals surface area contributed by atoms with E-state index in [9.17, 15) is 13.2 Å². The third kappa shape index (κ3) is 4.59. The fraction of sp³-hybridized carbons (Fsp3) is 0.611. The van der Waals surface area contributed by atoms with Crippen molar-refractivity contribution in [3.63, 3.8) is 0 Å². The molecule has 2 N–H and O–H groups in total. The average Bonchev–Trinajstić information content (AvgIpc) is 3.28. The first kappa shape index (κ1) is 18.4. The summed E-state index contributed by atoms with van der Waals surface area (Å²) in [5, 5.41) is 9.08. The number of aryl methyl sites for hydroxylation is 2. The van der Waals surface area contributed by atoms with Crippen LogP contribution in [0, 0.1) is 19.8 Å². The Kier molecular flexibility index (Phi) is 5.18. The molecular formula is C18H26N2O4S. The Morgan fingerprint density at radius 2 is 1.92 bits per heavy atom. The molecule has 2 saturated carbocycles. The predicted molar refractivity (Wildman–Crippen MR) is 95.0 cm³/mol. The maximum Gasteiger partial charge on any atom is 0.317 e. The molecule has 3 rings (SSSR count). The van der Waals surface area contributed by atoms with Gasteiger partial charge in [-0.05, 0) is 68.7 Å². The van der Waals surface area contributed by atoms with Gasteiger partial charge in [-0.25, -0.2) is 13.1 Å². The second kappa shape index (κ2) is 7.05. The summed E-state index contributed by atoms with van der Waals surface area (Å²) in [6, 6.07) is 5.18. The quantitative estimate of drug-likeness (QED) is 0.734. The number of sulfonamides is 1. The van der Waals surface area contributed by atoms with Crippen molar-refractivity contribution in [2.45, 2.75) is 56.5 Å². The number of hydrogen-bond donors (Lipinski definition) is 2. The van der Waals surface area contributed by atoms with Crippen LogP contribution in [0.1, 0.15) is 36.8 Å². The molecular weight excluding hydrogens is 340 g/mol. The van der Waals surface area contributed by atoms with E-state index in [1.54, 1.807) is 12.1 Å². The average molecular weight is 366 g/mol. The van der Waals surface area contributed by atoms with Crippen molar-refractivity contribution >= 4 is 16.0 Å². The van der Waals surface area contributed by atoms with Crippen LogP contribution in [0.25, 0.3) is 0 Å². The monoisotopic (exact) mass is 366 g/mol. The lowest BCUT2D eigenvalue weighted by atomic mass is 9.86. The van der Waals surface area contributed by atoms with Gasteiger partial charge in [0.25, 0.3) is 0 Å². The van der Waals surface area contributed by atoms with Crippen LogP contribution >= 0.6 is 0 Å². The largest absolute Gasteiger partial charge is 0.480 e. The zero-order valence-corrected chi connectivity index (χ0v) is 15.6. The maximum atomic E-state index is 12.5. The summed E-state index contributed by atoms with van der Waals surface area (Å²) in [6.45, 7) is 4.70. The second-order valence-corrected chi connectivity index (χ2v) is 9.17. The third-order valence-corrected chi connectivity index (χ3v) is 6.79. The number of nitrogens with one attached hydrogen (secondary N) is 1. The van der Waals surface area contributed by atoms with E-state index in [-0.39, 0.29) is 18.6 Å². The van der Waals surface area contributed by atoms with Gasteiger partial charge in [-0.3, -0.25) is 9.69 Å². The summed E-state index contributed by atoms with van der Waals surface area (Å²) in [5.74, 6) is -0.203. The van der Waals surface area contributed by atoms with Crippen LogP contribution in [-0.2, 0) is 14.8 Å². The number of nitrogens with zero attached hydrogens (tertiary/aromatic N) is 1. The van der Waals surface area contributed by atoms with Gasteiger partial charge in [-0.1, -0.05) is 6.07 Å². The predicted octanol–water partition coefficient (Wildman–Crippen LogP) is 1.91. The molecule has 0 spiro atoms. The van der Waals surface area contributed by atoms with Gasteiger partial charge < -0.3 is 5.11 Å². The van der Waals surface area contributed by atoms with Crippen LogP contribution in [0.2, 0.25) is 0 Å². The summed E-state index contributed by atoms with van der Waals surface area (Å²) in [4.78, 5) is 13.3. The zero-order valence-electron chi connectivity index (χ0n) is 14.7. The summed E-state index contributed by atoms with van der Waals surface area (Å²) in [7, 11) is -3.53. The maximum absolute atomic E-state index is 12.5. The second-order valence-electron chi connectivity index (χ2n) is 7.46. The van der Waals surface area contributed by atoms with Gasteiger partial charge in [0.15, 0.2) is 0 Å².